The lowest BCUT2D eigenvalue weighted by molar-refractivity contribution is 0.0600. The van der Waals surface area contributed by atoms with Gasteiger partial charge in [0, 0.05) is 31.7 Å². The normalized spacial score (nSPS) is 14.1. The number of esters is 1. The number of anilines is 2. The monoisotopic (exact) mass is 480 g/mol. The molecule has 1 saturated heterocycles. The van der Waals surface area contributed by atoms with E-state index in [1.807, 2.05) is 6.07 Å². The molecule has 1 amide bonds. The zero-order chi connectivity index (χ0) is 22.5. The van der Waals surface area contributed by atoms with Gasteiger partial charge in [-0.05, 0) is 55.7 Å². The summed E-state index contributed by atoms with van der Waals surface area (Å²) >= 11 is 17.2. The van der Waals surface area contributed by atoms with Gasteiger partial charge in [0.05, 0.1) is 34.1 Å². The molecule has 0 saturated carbocycles. The Kier molecular flexibility index (Phi) is 7.72. The molecule has 0 atom stereocenters. The molecule has 3 rings (SSSR count). The molecule has 1 aliphatic rings. The van der Waals surface area contributed by atoms with Crippen molar-refractivity contribution in [3.63, 3.8) is 0 Å². The molecule has 31 heavy (non-hydrogen) atoms. The summed E-state index contributed by atoms with van der Waals surface area (Å²) in [6, 6.07) is 9.79. The van der Waals surface area contributed by atoms with Crippen LogP contribution in [0, 0.1) is 0 Å². The number of halogens is 2. The van der Waals surface area contributed by atoms with E-state index in [0.717, 1.165) is 31.9 Å². The van der Waals surface area contributed by atoms with Gasteiger partial charge < -0.3 is 19.9 Å². The number of rotatable bonds is 4. The average molecular weight is 481 g/mol. The highest BCUT2D eigenvalue weighted by Gasteiger charge is 2.20. The third kappa shape index (κ3) is 5.86. The molecule has 0 spiro atoms. The van der Waals surface area contributed by atoms with Gasteiger partial charge in [0.15, 0.2) is 5.11 Å². The molecular weight excluding hydrogens is 459 g/mol. The van der Waals surface area contributed by atoms with E-state index in [1.165, 1.54) is 13.2 Å². The Morgan fingerprint density at radius 1 is 1.00 bits per heavy atom. The van der Waals surface area contributed by atoms with Crippen molar-refractivity contribution in [2.45, 2.75) is 0 Å². The fourth-order valence-electron chi connectivity index (χ4n) is 3.17. The fourth-order valence-corrected chi connectivity index (χ4v) is 3.67. The minimum Gasteiger partial charge on any atom is -0.465 e. The first-order valence-electron chi connectivity index (χ1n) is 9.51. The number of likely N-dealkylation sites (N-methyl/N-ethyl adjacent to an activating group) is 1. The smallest absolute Gasteiger partial charge is 0.337 e. The molecule has 1 fully saturated rings. The maximum Gasteiger partial charge on any atom is 0.337 e. The molecule has 1 aliphatic heterocycles. The van der Waals surface area contributed by atoms with E-state index in [0.29, 0.717) is 21.8 Å². The second-order valence-corrected chi connectivity index (χ2v) is 8.27. The number of benzene rings is 2. The largest absolute Gasteiger partial charge is 0.465 e. The number of thiocarbonyl (C=S) groups is 1. The molecule has 7 nitrogen and oxygen atoms in total. The van der Waals surface area contributed by atoms with Crippen molar-refractivity contribution < 1.29 is 14.3 Å². The highest BCUT2D eigenvalue weighted by Crippen LogP contribution is 2.29. The van der Waals surface area contributed by atoms with Crippen molar-refractivity contribution in [2.24, 2.45) is 0 Å². The van der Waals surface area contributed by atoms with E-state index >= 15 is 0 Å². The van der Waals surface area contributed by atoms with Crippen LogP contribution in [0.2, 0.25) is 10.0 Å². The summed E-state index contributed by atoms with van der Waals surface area (Å²) < 4.78 is 4.83. The van der Waals surface area contributed by atoms with Crippen LogP contribution < -0.4 is 15.5 Å². The zero-order valence-electron chi connectivity index (χ0n) is 17.1. The van der Waals surface area contributed by atoms with Gasteiger partial charge in [-0.2, -0.15) is 0 Å². The molecule has 1 heterocycles. The van der Waals surface area contributed by atoms with Crippen molar-refractivity contribution in [3.8, 4) is 0 Å². The van der Waals surface area contributed by atoms with Crippen LogP contribution in [-0.4, -0.2) is 62.2 Å². The Hall–Kier alpha value is -2.39. The van der Waals surface area contributed by atoms with Gasteiger partial charge in [0.1, 0.15) is 0 Å². The van der Waals surface area contributed by atoms with Gasteiger partial charge in [-0.3, -0.25) is 10.1 Å². The Morgan fingerprint density at radius 3 is 2.32 bits per heavy atom. The minimum atomic E-state index is -0.460. The van der Waals surface area contributed by atoms with Crippen LogP contribution in [0.15, 0.2) is 36.4 Å². The van der Waals surface area contributed by atoms with Gasteiger partial charge in [0.25, 0.3) is 5.91 Å². The average Bonchev–Trinajstić information content (AvgIpc) is 2.75. The van der Waals surface area contributed by atoms with Crippen LogP contribution >= 0.6 is 35.4 Å². The second kappa shape index (κ2) is 10.3. The topological polar surface area (TPSA) is 73.9 Å². The minimum absolute atomic E-state index is 0.0912. The summed E-state index contributed by atoms with van der Waals surface area (Å²) in [5.41, 5.74) is 2.18. The van der Waals surface area contributed by atoms with E-state index in [1.54, 1.807) is 24.3 Å². The first-order chi connectivity index (χ1) is 14.8. The number of hydrogen-bond donors (Lipinski definition) is 2. The SMILES string of the molecule is COC(=O)c1ccc(N2CCN(C)CC2)c(NC(=S)NC(=O)c2ccc(Cl)c(Cl)c2)c1. The summed E-state index contributed by atoms with van der Waals surface area (Å²) in [6.07, 6.45) is 0. The number of piperazine rings is 1. The van der Waals surface area contributed by atoms with Crippen LogP contribution in [-0.2, 0) is 4.74 Å². The lowest BCUT2D eigenvalue weighted by Gasteiger charge is -2.35. The van der Waals surface area contributed by atoms with E-state index < -0.39 is 11.9 Å². The van der Waals surface area contributed by atoms with Gasteiger partial charge in [0.2, 0.25) is 0 Å². The molecule has 2 N–H and O–H groups in total. The van der Waals surface area contributed by atoms with Crippen LogP contribution in [0.3, 0.4) is 0 Å². The number of ether oxygens (including phenoxy) is 1. The van der Waals surface area contributed by atoms with Crippen molar-refractivity contribution in [3.05, 3.63) is 57.6 Å². The quantitative estimate of drug-likeness (QED) is 0.510. The Morgan fingerprint density at radius 2 is 1.68 bits per heavy atom. The number of nitrogens with zero attached hydrogens (tertiary/aromatic N) is 2. The summed E-state index contributed by atoms with van der Waals surface area (Å²) in [7, 11) is 3.40. The molecule has 0 radical (unpaired) electrons. The predicted octanol–water partition coefficient (Wildman–Crippen LogP) is 3.66. The van der Waals surface area contributed by atoms with Crippen molar-refractivity contribution >= 4 is 63.8 Å². The summed E-state index contributed by atoms with van der Waals surface area (Å²) in [6.45, 7) is 3.48. The third-order valence-corrected chi connectivity index (χ3v) is 5.86. The van der Waals surface area contributed by atoms with Crippen LogP contribution in [0.5, 0.6) is 0 Å². The van der Waals surface area contributed by atoms with E-state index in [4.69, 9.17) is 40.2 Å². The highest BCUT2D eigenvalue weighted by atomic mass is 35.5. The molecule has 0 unspecified atom stereocenters. The summed E-state index contributed by atoms with van der Waals surface area (Å²) in [5, 5.41) is 6.39. The molecule has 164 valence electrons. The Bertz CT molecular complexity index is 1010. The van der Waals surface area contributed by atoms with Crippen molar-refractivity contribution in [1.29, 1.82) is 0 Å². The highest BCUT2D eigenvalue weighted by molar-refractivity contribution is 7.80. The third-order valence-electron chi connectivity index (χ3n) is 4.92. The number of nitrogens with one attached hydrogen (secondary N) is 2. The molecule has 2 aromatic carbocycles. The Balaban J connectivity index is 1.80. The van der Waals surface area contributed by atoms with Crippen LogP contribution in [0.25, 0.3) is 0 Å². The number of hydrogen-bond acceptors (Lipinski definition) is 6. The van der Waals surface area contributed by atoms with E-state index in [9.17, 15) is 9.59 Å². The van der Waals surface area contributed by atoms with Crippen molar-refractivity contribution in [2.75, 3.05) is 50.6 Å². The lowest BCUT2D eigenvalue weighted by atomic mass is 10.1. The van der Waals surface area contributed by atoms with Gasteiger partial charge in [-0.15, -0.1) is 0 Å². The molecule has 0 aliphatic carbocycles. The molecular formula is C21H22Cl2N4O3S. The number of carbonyl (C=O) groups is 2. The fraction of sp³-hybridized carbons (Fsp3) is 0.286. The van der Waals surface area contributed by atoms with Crippen molar-refractivity contribution in [1.82, 2.24) is 10.2 Å². The molecule has 10 heteroatoms. The maximum atomic E-state index is 12.5. The number of carbonyl (C=O) groups excluding carboxylic acids is 2. The first kappa shape index (κ1) is 23.3. The second-order valence-electron chi connectivity index (χ2n) is 7.05. The maximum absolute atomic E-state index is 12.5. The van der Waals surface area contributed by atoms with E-state index in [-0.39, 0.29) is 10.1 Å². The predicted molar refractivity (Wildman–Crippen MR) is 128 cm³/mol. The molecule has 0 aromatic heterocycles. The lowest BCUT2D eigenvalue weighted by Crippen LogP contribution is -2.45. The van der Waals surface area contributed by atoms with Gasteiger partial charge in [-0.25, -0.2) is 4.79 Å². The Labute approximate surface area is 196 Å². The molecule has 0 bridgehead atoms. The first-order valence-corrected chi connectivity index (χ1v) is 10.7. The zero-order valence-corrected chi connectivity index (χ0v) is 19.4. The van der Waals surface area contributed by atoms with Gasteiger partial charge >= 0.3 is 5.97 Å². The summed E-state index contributed by atoms with van der Waals surface area (Å²) in [5.74, 6) is -0.889. The van der Waals surface area contributed by atoms with Crippen LogP contribution in [0.4, 0.5) is 11.4 Å². The van der Waals surface area contributed by atoms with Gasteiger partial charge in [-0.1, -0.05) is 23.2 Å². The van der Waals surface area contributed by atoms with E-state index in [2.05, 4.69) is 27.5 Å². The van der Waals surface area contributed by atoms with Crippen LogP contribution in [0.1, 0.15) is 20.7 Å². The summed E-state index contributed by atoms with van der Waals surface area (Å²) in [4.78, 5) is 29.0. The molecule has 2 aromatic rings. The standard InChI is InChI=1S/C21H22Cl2N4O3S/c1-26-7-9-27(10-8-26)18-6-4-14(20(29)30-2)12-17(18)24-21(31)25-19(28)13-3-5-15(22)16(23)11-13/h3-6,11-12H,7-10H2,1-2H3,(H2,24,25,28,31). The number of amides is 1. The number of methoxy groups -OCH3 is 1.